The van der Waals surface area contributed by atoms with Crippen LogP contribution in [-0.4, -0.2) is 53.5 Å². The van der Waals surface area contributed by atoms with Crippen LogP contribution in [0.15, 0.2) is 53.6 Å². The number of methoxy groups -OCH3 is 1. The molecular formula is C28H31ClF2N2O3S. The minimum absolute atomic E-state index is 0.0621. The molecule has 1 fully saturated rings. The SMILES string of the molecule is COc1ccc2ncc(Cl)c([C@@H](F)CCC3(C(=O)O)CCN(CCCSc4cccc(F)c4)CC3)c2c1. The Bertz CT molecular complexity index is 1240. The molecule has 9 heteroatoms. The minimum Gasteiger partial charge on any atom is -0.497 e. The Morgan fingerprint density at radius 2 is 2.05 bits per heavy atom. The number of thioether (sulfide) groups is 1. The molecule has 1 aliphatic heterocycles. The summed E-state index contributed by atoms with van der Waals surface area (Å²) in [6.07, 6.45) is 2.19. The molecule has 3 aromatic rings. The van der Waals surface area contributed by atoms with Crippen molar-refractivity contribution in [3.63, 3.8) is 0 Å². The van der Waals surface area contributed by atoms with Crippen LogP contribution in [-0.2, 0) is 4.79 Å². The maximum Gasteiger partial charge on any atom is 0.309 e. The summed E-state index contributed by atoms with van der Waals surface area (Å²) in [4.78, 5) is 19.8. The van der Waals surface area contributed by atoms with E-state index >= 15 is 4.39 Å². The highest BCUT2D eigenvalue weighted by Crippen LogP contribution is 2.42. The molecule has 0 bridgehead atoms. The van der Waals surface area contributed by atoms with Crippen LogP contribution >= 0.6 is 23.4 Å². The Balaban J connectivity index is 1.33. The van der Waals surface area contributed by atoms with Crippen LogP contribution in [0.3, 0.4) is 0 Å². The average Bonchev–Trinajstić information content (AvgIpc) is 2.90. The number of carboxylic acids is 1. The molecule has 2 heterocycles. The molecule has 0 aliphatic carbocycles. The van der Waals surface area contributed by atoms with E-state index in [1.54, 1.807) is 36.0 Å². The second kappa shape index (κ2) is 12.4. The van der Waals surface area contributed by atoms with Gasteiger partial charge in [-0.2, -0.15) is 0 Å². The first kappa shape index (κ1) is 27.6. The van der Waals surface area contributed by atoms with Crippen LogP contribution in [0.25, 0.3) is 10.9 Å². The van der Waals surface area contributed by atoms with Crippen LogP contribution in [0.4, 0.5) is 8.78 Å². The fourth-order valence-electron chi connectivity index (χ4n) is 4.97. The molecule has 1 aliphatic rings. The van der Waals surface area contributed by atoms with Crippen molar-refractivity contribution in [1.82, 2.24) is 9.88 Å². The number of nitrogens with zero attached hydrogens (tertiary/aromatic N) is 2. The number of hydrogen-bond acceptors (Lipinski definition) is 5. The highest BCUT2D eigenvalue weighted by Gasteiger charge is 2.41. The lowest BCUT2D eigenvalue weighted by atomic mass is 9.74. The summed E-state index contributed by atoms with van der Waals surface area (Å²) < 4.78 is 34.2. The van der Waals surface area contributed by atoms with Crippen LogP contribution in [0.2, 0.25) is 5.02 Å². The van der Waals surface area contributed by atoms with E-state index in [9.17, 15) is 14.3 Å². The van der Waals surface area contributed by atoms with Crippen molar-refractivity contribution in [3.05, 3.63) is 65.1 Å². The number of aromatic nitrogens is 1. The van der Waals surface area contributed by atoms with Crippen molar-refractivity contribution < 1.29 is 23.4 Å². The van der Waals surface area contributed by atoms with Crippen molar-refractivity contribution in [2.24, 2.45) is 5.41 Å². The number of ether oxygens (including phenoxy) is 1. The first-order valence-corrected chi connectivity index (χ1v) is 13.8. The largest absolute Gasteiger partial charge is 0.497 e. The van der Waals surface area contributed by atoms with Crippen molar-refractivity contribution in [2.45, 2.75) is 43.2 Å². The number of likely N-dealkylation sites (tertiary alicyclic amines) is 1. The Labute approximate surface area is 225 Å². The number of halogens is 3. The number of rotatable bonds is 11. The third-order valence-corrected chi connectivity index (χ3v) is 8.59. The van der Waals surface area contributed by atoms with Gasteiger partial charge in [0.15, 0.2) is 0 Å². The molecule has 1 aromatic heterocycles. The molecule has 37 heavy (non-hydrogen) atoms. The summed E-state index contributed by atoms with van der Waals surface area (Å²) in [5.41, 5.74) is -0.0107. The zero-order chi connectivity index (χ0) is 26.4. The number of carboxylic acid groups (broad SMARTS) is 1. The molecule has 198 valence electrons. The smallest absolute Gasteiger partial charge is 0.309 e. The summed E-state index contributed by atoms with van der Waals surface area (Å²) in [7, 11) is 1.54. The van der Waals surface area contributed by atoms with Gasteiger partial charge in [0.25, 0.3) is 0 Å². The molecule has 1 saturated heterocycles. The number of benzene rings is 2. The lowest BCUT2D eigenvalue weighted by molar-refractivity contribution is -0.153. The van der Waals surface area contributed by atoms with Crippen molar-refractivity contribution in [3.8, 4) is 5.75 Å². The fourth-order valence-corrected chi connectivity index (χ4v) is 6.12. The van der Waals surface area contributed by atoms with Crippen LogP contribution in [0, 0.1) is 11.2 Å². The molecule has 0 spiro atoms. The van der Waals surface area contributed by atoms with E-state index in [1.807, 2.05) is 6.07 Å². The second-order valence-electron chi connectivity index (χ2n) is 9.50. The molecule has 0 radical (unpaired) electrons. The van der Waals surface area contributed by atoms with E-state index in [0.29, 0.717) is 48.1 Å². The van der Waals surface area contributed by atoms with Crippen molar-refractivity contribution in [1.29, 1.82) is 0 Å². The lowest BCUT2D eigenvalue weighted by Gasteiger charge is -2.39. The van der Waals surface area contributed by atoms with Crippen molar-refractivity contribution >= 4 is 40.2 Å². The quantitative estimate of drug-likeness (QED) is 0.202. The van der Waals surface area contributed by atoms with Gasteiger partial charge >= 0.3 is 5.97 Å². The van der Waals surface area contributed by atoms with Gasteiger partial charge in [-0.15, -0.1) is 11.8 Å². The summed E-state index contributed by atoms with van der Waals surface area (Å²) in [5.74, 6) is 0.335. The van der Waals surface area contributed by atoms with Gasteiger partial charge in [0.05, 0.1) is 23.1 Å². The molecule has 1 N–H and O–H groups in total. The number of piperidine rings is 1. The summed E-state index contributed by atoms with van der Waals surface area (Å²) in [6, 6.07) is 11.8. The summed E-state index contributed by atoms with van der Waals surface area (Å²) in [5, 5.41) is 10.9. The fraction of sp³-hybridized carbons (Fsp3) is 0.429. The van der Waals surface area contributed by atoms with Gasteiger partial charge in [-0.25, -0.2) is 8.78 Å². The van der Waals surface area contributed by atoms with E-state index in [2.05, 4.69) is 9.88 Å². The molecule has 1 atom stereocenters. The van der Waals surface area contributed by atoms with Crippen LogP contribution < -0.4 is 4.74 Å². The summed E-state index contributed by atoms with van der Waals surface area (Å²) in [6.45, 7) is 2.16. The van der Waals surface area contributed by atoms with Gasteiger partial charge < -0.3 is 14.7 Å². The van der Waals surface area contributed by atoms with Gasteiger partial charge in [-0.05, 0) is 93.9 Å². The predicted octanol–water partition coefficient (Wildman–Crippen LogP) is 7.18. The van der Waals surface area contributed by atoms with Gasteiger partial charge in [0, 0.05) is 22.0 Å². The molecular weight excluding hydrogens is 518 g/mol. The lowest BCUT2D eigenvalue weighted by Crippen LogP contribution is -2.44. The van der Waals surface area contributed by atoms with E-state index in [0.717, 1.165) is 23.6 Å². The first-order chi connectivity index (χ1) is 17.8. The first-order valence-electron chi connectivity index (χ1n) is 12.4. The average molecular weight is 549 g/mol. The Hall–Kier alpha value is -2.42. The standard InChI is InChI=1S/C28H31ClF2N2O3S/c1-36-20-6-7-25-22(17-20)26(23(29)18-32-25)24(31)8-9-28(27(34)35)10-13-33(14-11-28)12-3-15-37-21-5-2-4-19(30)16-21/h2,4-7,16-18,24H,3,8-15H2,1H3,(H,34,35)/t24-/m0/s1. The van der Waals surface area contributed by atoms with Gasteiger partial charge in [-0.3, -0.25) is 9.78 Å². The Morgan fingerprint density at radius 3 is 2.76 bits per heavy atom. The topological polar surface area (TPSA) is 62.7 Å². The van der Waals surface area contributed by atoms with Crippen molar-refractivity contribution in [2.75, 3.05) is 32.5 Å². The second-order valence-corrected chi connectivity index (χ2v) is 11.1. The van der Waals surface area contributed by atoms with E-state index in [-0.39, 0.29) is 23.7 Å². The molecule has 0 amide bonds. The number of hydrogen-bond donors (Lipinski definition) is 1. The van der Waals surface area contributed by atoms with Crippen LogP contribution in [0.1, 0.15) is 43.8 Å². The molecule has 4 rings (SSSR count). The van der Waals surface area contributed by atoms with E-state index < -0.39 is 17.6 Å². The molecule has 5 nitrogen and oxygen atoms in total. The van der Waals surface area contributed by atoms with Crippen LogP contribution in [0.5, 0.6) is 5.75 Å². The Kier molecular flexibility index (Phi) is 9.27. The molecule has 0 saturated carbocycles. The normalized spacial score (nSPS) is 16.5. The number of pyridine rings is 1. The Morgan fingerprint density at radius 1 is 1.27 bits per heavy atom. The third kappa shape index (κ3) is 6.72. The number of alkyl halides is 1. The predicted molar refractivity (Wildman–Crippen MR) is 144 cm³/mol. The minimum atomic E-state index is -1.42. The highest BCUT2D eigenvalue weighted by molar-refractivity contribution is 7.99. The third-order valence-electron chi connectivity index (χ3n) is 7.21. The number of aliphatic carboxylic acids is 1. The van der Waals surface area contributed by atoms with E-state index in [4.69, 9.17) is 16.3 Å². The number of fused-ring (bicyclic) bond motifs is 1. The molecule has 2 aromatic carbocycles. The maximum absolute atomic E-state index is 15.6. The highest BCUT2D eigenvalue weighted by atomic mass is 35.5. The monoisotopic (exact) mass is 548 g/mol. The maximum atomic E-state index is 15.6. The van der Waals surface area contributed by atoms with Gasteiger partial charge in [-0.1, -0.05) is 17.7 Å². The van der Waals surface area contributed by atoms with Gasteiger partial charge in [0.1, 0.15) is 17.7 Å². The zero-order valence-corrected chi connectivity index (χ0v) is 22.3. The van der Waals surface area contributed by atoms with Gasteiger partial charge in [0.2, 0.25) is 0 Å². The van der Waals surface area contributed by atoms with E-state index in [1.165, 1.54) is 25.4 Å². The summed E-state index contributed by atoms with van der Waals surface area (Å²) >= 11 is 7.97. The zero-order valence-electron chi connectivity index (χ0n) is 20.8. The molecule has 0 unspecified atom stereocenters. The number of carbonyl (C=O) groups is 1.